The molecule has 1 rings (SSSR count). The van der Waals surface area contributed by atoms with Gasteiger partial charge in [-0.25, -0.2) is 0 Å². The first-order valence-electron chi connectivity index (χ1n) is 7.18. The minimum absolute atomic E-state index is 0.205. The minimum Gasteiger partial charge on any atom is -0.377 e. The maximum atomic E-state index is 12.0. The predicted octanol–water partition coefficient (Wildman–Crippen LogP) is 3.62. The Labute approximate surface area is 114 Å². The largest absolute Gasteiger partial charge is 0.401 e. The molecule has 0 aromatic carbocycles. The lowest BCUT2D eigenvalue weighted by Gasteiger charge is -2.37. The molecule has 0 aliphatic heterocycles. The van der Waals surface area contributed by atoms with Crippen molar-refractivity contribution < 1.29 is 17.9 Å². The van der Waals surface area contributed by atoms with Crippen LogP contribution in [0.4, 0.5) is 13.2 Å². The van der Waals surface area contributed by atoms with Gasteiger partial charge in [-0.15, -0.1) is 0 Å². The Morgan fingerprint density at radius 1 is 1.26 bits per heavy atom. The summed E-state index contributed by atoms with van der Waals surface area (Å²) in [6, 6.07) is 0. The predicted molar refractivity (Wildman–Crippen MR) is 70.0 cm³/mol. The number of alkyl halides is 3. The molecule has 0 aromatic heterocycles. The summed E-state index contributed by atoms with van der Waals surface area (Å²) in [6.07, 6.45) is -0.507. The average molecular weight is 281 g/mol. The van der Waals surface area contributed by atoms with E-state index in [-0.39, 0.29) is 12.6 Å². The van der Waals surface area contributed by atoms with Gasteiger partial charge in [-0.2, -0.15) is 13.2 Å². The molecule has 2 nitrogen and oxygen atoms in total. The van der Waals surface area contributed by atoms with Gasteiger partial charge in [-0.1, -0.05) is 27.2 Å². The van der Waals surface area contributed by atoms with Crippen molar-refractivity contribution >= 4 is 0 Å². The molecule has 1 aliphatic rings. The number of ether oxygens (including phenoxy) is 1. The van der Waals surface area contributed by atoms with E-state index in [2.05, 4.69) is 26.1 Å². The zero-order valence-electron chi connectivity index (χ0n) is 12.1. The summed E-state index contributed by atoms with van der Waals surface area (Å²) in [4.78, 5) is 0. The van der Waals surface area contributed by atoms with E-state index in [9.17, 15) is 13.2 Å². The van der Waals surface area contributed by atoms with E-state index in [4.69, 9.17) is 4.74 Å². The van der Waals surface area contributed by atoms with Crippen LogP contribution in [0.2, 0.25) is 0 Å². The summed E-state index contributed by atoms with van der Waals surface area (Å²) in [5.74, 6) is 1.77. The van der Waals surface area contributed by atoms with Gasteiger partial charge in [0.25, 0.3) is 0 Å². The van der Waals surface area contributed by atoms with Crippen LogP contribution in [0, 0.1) is 17.8 Å². The molecule has 0 amide bonds. The summed E-state index contributed by atoms with van der Waals surface area (Å²) in [7, 11) is 0. The molecule has 0 radical (unpaired) electrons. The standard InChI is InChI=1S/C14H26F3NO/c1-10(2)12-5-4-11(3)8-13(12)19-7-6-18-9-14(15,16)17/h10-13,18H,4-9H2,1-3H3. The third-order valence-corrected chi connectivity index (χ3v) is 3.90. The fourth-order valence-electron chi connectivity index (χ4n) is 2.82. The molecule has 0 spiro atoms. The SMILES string of the molecule is CC1CCC(C(C)C)C(OCCNCC(F)(F)F)C1. The van der Waals surface area contributed by atoms with Crippen molar-refractivity contribution in [2.45, 2.75) is 52.3 Å². The van der Waals surface area contributed by atoms with Crippen LogP contribution in [-0.4, -0.2) is 32.0 Å². The van der Waals surface area contributed by atoms with E-state index < -0.39 is 12.7 Å². The van der Waals surface area contributed by atoms with Gasteiger partial charge >= 0.3 is 6.18 Å². The van der Waals surface area contributed by atoms with Gasteiger partial charge in [0.15, 0.2) is 0 Å². The van der Waals surface area contributed by atoms with Crippen molar-refractivity contribution in [1.82, 2.24) is 5.32 Å². The summed E-state index contributed by atoms with van der Waals surface area (Å²) < 4.78 is 41.7. The molecular weight excluding hydrogens is 255 g/mol. The van der Waals surface area contributed by atoms with Gasteiger partial charge in [0.05, 0.1) is 19.3 Å². The van der Waals surface area contributed by atoms with Crippen LogP contribution in [0.1, 0.15) is 40.0 Å². The molecule has 0 saturated heterocycles. The first-order valence-corrected chi connectivity index (χ1v) is 7.18. The van der Waals surface area contributed by atoms with Crippen LogP contribution in [0.25, 0.3) is 0 Å². The molecule has 1 N–H and O–H groups in total. The molecule has 1 aliphatic carbocycles. The molecule has 5 heteroatoms. The highest BCUT2D eigenvalue weighted by atomic mass is 19.4. The van der Waals surface area contributed by atoms with Crippen molar-refractivity contribution in [2.24, 2.45) is 17.8 Å². The highest BCUT2D eigenvalue weighted by Crippen LogP contribution is 2.35. The molecule has 0 aromatic rings. The Bertz CT molecular complexity index is 256. The van der Waals surface area contributed by atoms with Crippen LogP contribution in [0.3, 0.4) is 0 Å². The highest BCUT2D eigenvalue weighted by Gasteiger charge is 2.31. The zero-order chi connectivity index (χ0) is 14.5. The van der Waals surface area contributed by atoms with Crippen molar-refractivity contribution in [2.75, 3.05) is 19.7 Å². The molecule has 19 heavy (non-hydrogen) atoms. The van der Waals surface area contributed by atoms with Crippen LogP contribution >= 0.6 is 0 Å². The van der Waals surface area contributed by atoms with Crippen LogP contribution in [0.5, 0.6) is 0 Å². The Morgan fingerprint density at radius 2 is 1.95 bits per heavy atom. The molecule has 1 fully saturated rings. The lowest BCUT2D eigenvalue weighted by molar-refractivity contribution is -0.125. The van der Waals surface area contributed by atoms with Gasteiger partial charge in [-0.3, -0.25) is 0 Å². The Balaban J connectivity index is 2.25. The van der Waals surface area contributed by atoms with Crippen molar-refractivity contribution in [3.8, 4) is 0 Å². The van der Waals surface area contributed by atoms with Crippen LogP contribution in [0.15, 0.2) is 0 Å². The van der Waals surface area contributed by atoms with Crippen molar-refractivity contribution in [3.05, 3.63) is 0 Å². The number of halogens is 3. The third-order valence-electron chi connectivity index (χ3n) is 3.90. The van der Waals surface area contributed by atoms with Gasteiger partial charge in [0.2, 0.25) is 0 Å². The molecule has 3 unspecified atom stereocenters. The van der Waals surface area contributed by atoms with Gasteiger partial charge in [0.1, 0.15) is 0 Å². The molecule has 0 bridgehead atoms. The minimum atomic E-state index is -4.14. The fraction of sp³-hybridized carbons (Fsp3) is 1.00. The number of hydrogen-bond acceptors (Lipinski definition) is 2. The molecule has 114 valence electrons. The van der Waals surface area contributed by atoms with E-state index >= 15 is 0 Å². The quantitative estimate of drug-likeness (QED) is 0.751. The third kappa shape index (κ3) is 6.61. The number of hydrogen-bond donors (Lipinski definition) is 1. The van der Waals surface area contributed by atoms with Crippen LogP contribution < -0.4 is 5.32 Å². The lowest BCUT2D eigenvalue weighted by atomic mass is 9.75. The summed E-state index contributed by atoms with van der Waals surface area (Å²) >= 11 is 0. The van der Waals surface area contributed by atoms with Gasteiger partial charge in [-0.05, 0) is 30.6 Å². The molecule has 1 saturated carbocycles. The Hall–Kier alpha value is -0.290. The smallest absolute Gasteiger partial charge is 0.377 e. The normalized spacial score (nSPS) is 28.9. The number of rotatable bonds is 6. The maximum absolute atomic E-state index is 12.0. The monoisotopic (exact) mass is 281 g/mol. The van der Waals surface area contributed by atoms with E-state index in [0.717, 1.165) is 6.42 Å². The van der Waals surface area contributed by atoms with Gasteiger partial charge in [0, 0.05) is 6.54 Å². The average Bonchev–Trinajstić information content (AvgIpc) is 2.26. The van der Waals surface area contributed by atoms with E-state index in [1.165, 1.54) is 12.8 Å². The zero-order valence-corrected chi connectivity index (χ0v) is 12.1. The lowest BCUT2D eigenvalue weighted by Crippen LogP contribution is -2.37. The van der Waals surface area contributed by atoms with E-state index in [1.54, 1.807) is 0 Å². The van der Waals surface area contributed by atoms with E-state index in [1.807, 2.05) is 0 Å². The topological polar surface area (TPSA) is 21.3 Å². The molecular formula is C14H26F3NO. The molecule has 3 atom stereocenters. The van der Waals surface area contributed by atoms with Crippen LogP contribution in [-0.2, 0) is 4.74 Å². The van der Waals surface area contributed by atoms with E-state index in [0.29, 0.717) is 24.4 Å². The summed E-state index contributed by atoms with van der Waals surface area (Å²) in [5, 5.41) is 2.37. The fourth-order valence-corrected chi connectivity index (χ4v) is 2.82. The molecule has 0 heterocycles. The first-order chi connectivity index (χ1) is 8.79. The second-order valence-electron chi connectivity index (χ2n) is 6.03. The number of nitrogens with one attached hydrogen (secondary N) is 1. The second-order valence-corrected chi connectivity index (χ2v) is 6.03. The van der Waals surface area contributed by atoms with Crippen molar-refractivity contribution in [3.63, 3.8) is 0 Å². The summed E-state index contributed by atoms with van der Waals surface area (Å²) in [6.45, 7) is 6.28. The van der Waals surface area contributed by atoms with Crippen molar-refractivity contribution in [1.29, 1.82) is 0 Å². The van der Waals surface area contributed by atoms with Gasteiger partial charge < -0.3 is 10.1 Å². The first kappa shape index (κ1) is 16.8. The maximum Gasteiger partial charge on any atom is 0.401 e. The summed E-state index contributed by atoms with van der Waals surface area (Å²) in [5.41, 5.74) is 0. The Kier molecular flexibility index (Phi) is 6.60. The second kappa shape index (κ2) is 7.48. The Morgan fingerprint density at radius 3 is 2.53 bits per heavy atom. The highest BCUT2D eigenvalue weighted by molar-refractivity contribution is 4.81.